The normalized spacial score (nSPS) is 16.0. The molecule has 1 aromatic heterocycles. The van der Waals surface area contributed by atoms with Crippen molar-refractivity contribution >= 4 is 53.3 Å². The van der Waals surface area contributed by atoms with Crippen LogP contribution in [0.1, 0.15) is 63.5 Å². The number of guanidine groups is 1. The lowest BCUT2D eigenvalue weighted by atomic mass is 10.1. The second-order valence-corrected chi connectivity index (χ2v) is 14.6. The summed E-state index contributed by atoms with van der Waals surface area (Å²) in [7, 11) is 0. The Morgan fingerprint density at radius 3 is 2.21 bits per heavy atom. The maximum absolute atomic E-state index is 14.0. The Morgan fingerprint density at radius 1 is 0.889 bits per heavy atom. The van der Waals surface area contributed by atoms with E-state index in [2.05, 4.69) is 47.2 Å². The van der Waals surface area contributed by atoms with Gasteiger partial charge in [-0.15, -0.1) is 0 Å². The number of hydrogen-bond donors (Lipinski definition) is 16. The Kier molecular flexibility index (Phi) is 23.8. The third-order valence-corrected chi connectivity index (χ3v) is 9.61. The Bertz CT molecular complexity index is 1730. The molecule has 1 saturated heterocycles. The average Bonchev–Trinajstić information content (AvgIpc) is 3.96. The minimum absolute atomic E-state index is 0.0571. The number of aliphatic hydroxyl groups excluding tert-OH is 2. The van der Waals surface area contributed by atoms with E-state index < -0.39 is 109 Å². The van der Waals surface area contributed by atoms with E-state index >= 15 is 0 Å². The highest BCUT2D eigenvalue weighted by molar-refractivity contribution is 5.98. The van der Waals surface area contributed by atoms with Crippen LogP contribution in [0.15, 0.2) is 24.3 Å². The third kappa shape index (κ3) is 19.2. The van der Waals surface area contributed by atoms with Crippen LogP contribution >= 0.6 is 0 Å². The van der Waals surface area contributed by atoms with E-state index in [4.69, 9.17) is 28.3 Å². The van der Waals surface area contributed by atoms with Crippen LogP contribution in [0.2, 0.25) is 0 Å². The van der Waals surface area contributed by atoms with Crippen LogP contribution in [0, 0.1) is 5.41 Å². The number of likely N-dealkylation sites (tertiary alicyclic amines) is 1. The predicted molar refractivity (Wildman–Crippen MR) is 224 cm³/mol. The number of carbonyl (C=O) groups is 8. The Morgan fingerprint density at radius 2 is 1.59 bits per heavy atom. The van der Waals surface area contributed by atoms with Crippen molar-refractivity contribution in [1.82, 2.24) is 52.1 Å². The van der Waals surface area contributed by atoms with Gasteiger partial charge in [0.1, 0.15) is 35.9 Å². The van der Waals surface area contributed by atoms with Crippen LogP contribution in [-0.4, -0.2) is 166 Å². The van der Waals surface area contributed by atoms with E-state index in [0.717, 1.165) is 0 Å². The molecule has 6 atom stereocenters. The second-order valence-electron chi connectivity index (χ2n) is 14.6. The highest BCUT2D eigenvalue weighted by atomic mass is 16.4. The molecule has 1 fully saturated rings. The van der Waals surface area contributed by atoms with E-state index in [1.54, 1.807) is 0 Å². The van der Waals surface area contributed by atoms with E-state index in [0.29, 0.717) is 25.0 Å². The summed E-state index contributed by atoms with van der Waals surface area (Å²) in [6.45, 7) is -1.03. The number of imidazole rings is 1. The summed E-state index contributed by atoms with van der Waals surface area (Å²) in [5.41, 5.74) is 21.9. The van der Waals surface area contributed by atoms with Gasteiger partial charge in [-0.25, -0.2) is 9.78 Å². The number of rotatable bonds is 29. The largest absolute Gasteiger partial charge is 0.477 e. The van der Waals surface area contributed by atoms with Crippen LogP contribution in [0.5, 0.6) is 0 Å². The van der Waals surface area contributed by atoms with Crippen molar-refractivity contribution in [2.45, 2.75) is 101 Å². The van der Waals surface area contributed by atoms with Crippen molar-refractivity contribution in [2.24, 2.45) is 22.9 Å². The lowest BCUT2D eigenvalue weighted by Crippen LogP contribution is -2.58. The molecule has 0 aromatic carbocycles. The molecule has 20 N–H and O–H groups in total. The first-order chi connectivity index (χ1) is 30.0. The quantitative estimate of drug-likeness (QED) is 0.0154. The highest BCUT2D eigenvalue weighted by Crippen LogP contribution is 2.20. The number of H-pyrrole nitrogens is 1. The first-order valence-electron chi connectivity index (χ1n) is 20.5. The number of aliphatic carboxylic acids is 1. The summed E-state index contributed by atoms with van der Waals surface area (Å²) in [4.78, 5) is 113. The second kappa shape index (κ2) is 28.4. The fourth-order valence-corrected chi connectivity index (χ4v) is 6.33. The lowest BCUT2D eigenvalue weighted by Gasteiger charge is -2.30. The zero-order valence-corrected chi connectivity index (χ0v) is 35.0. The van der Waals surface area contributed by atoms with Crippen molar-refractivity contribution in [2.75, 3.05) is 45.9 Å². The molecule has 63 heavy (non-hydrogen) atoms. The average molecular weight is 894 g/mol. The van der Waals surface area contributed by atoms with Gasteiger partial charge in [0.2, 0.25) is 41.4 Å². The lowest BCUT2D eigenvalue weighted by molar-refractivity contribution is -0.142. The number of nitrogens with one attached hydrogen (secondary N) is 9. The van der Waals surface area contributed by atoms with E-state index in [-0.39, 0.29) is 77.2 Å². The minimum Gasteiger partial charge on any atom is -0.477 e. The van der Waals surface area contributed by atoms with Crippen molar-refractivity contribution in [1.29, 1.82) is 5.41 Å². The van der Waals surface area contributed by atoms with Crippen LogP contribution in [0.4, 0.5) is 0 Å². The van der Waals surface area contributed by atoms with Crippen molar-refractivity contribution in [3.05, 3.63) is 30.0 Å². The molecule has 26 nitrogen and oxygen atoms in total. The van der Waals surface area contributed by atoms with Gasteiger partial charge in [-0.05, 0) is 64.5 Å². The fraction of sp³-hybridized carbons (Fsp3) is 0.622. The standard InChI is InChI=1S/C37H63N15O11/c38-10-2-1-6-23(32(58)50-25(36(62)63)8-4-12-44-37(41)42)49-33(59)26(14-21-17-43-20-46-21)51-34(60)28-9-5-13-52(28)35(61)24(7-3-11-39)47-30(56)18-45-31(57)27(19-53)48-29(55)15-22(54)16-40/h8,17,20,22-24,26-28,53-54H,1-7,9-16,18-19,38-40H2,(H,43,46)(H,45,57)(H,47,56)(H,48,55)(H,49,59)(H,50,58)(H,51,60)(H,62,63)(H4,41,42,44)/b25-8-/t22-,23+,24-,26+,27+,28+/m1/s1. The van der Waals surface area contributed by atoms with E-state index in [1.807, 2.05) is 0 Å². The Labute approximate surface area is 363 Å². The van der Waals surface area contributed by atoms with Gasteiger partial charge in [0.25, 0.3) is 0 Å². The maximum atomic E-state index is 14.0. The predicted octanol–water partition coefficient (Wildman–Crippen LogP) is -6.47. The van der Waals surface area contributed by atoms with Crippen molar-refractivity contribution in [3.8, 4) is 0 Å². The molecule has 2 heterocycles. The number of amides is 7. The smallest absolute Gasteiger partial charge is 0.352 e. The fourth-order valence-electron chi connectivity index (χ4n) is 6.33. The number of carboxylic acid groups (broad SMARTS) is 1. The van der Waals surface area contributed by atoms with Gasteiger partial charge in [0, 0.05) is 37.9 Å². The molecular weight excluding hydrogens is 831 g/mol. The summed E-state index contributed by atoms with van der Waals surface area (Å²) >= 11 is 0. The Balaban J connectivity index is 2.23. The van der Waals surface area contributed by atoms with Crippen LogP contribution in [0.3, 0.4) is 0 Å². The van der Waals surface area contributed by atoms with Crippen LogP contribution < -0.4 is 60.2 Å². The van der Waals surface area contributed by atoms with E-state index in [1.165, 1.54) is 23.5 Å². The summed E-state index contributed by atoms with van der Waals surface area (Å²) in [6.07, 6.45) is 4.20. The number of nitrogens with two attached hydrogens (primary N) is 4. The molecule has 26 heteroatoms. The maximum Gasteiger partial charge on any atom is 0.352 e. The first kappa shape index (κ1) is 52.9. The molecule has 0 unspecified atom stereocenters. The number of carboxylic acids is 1. The number of carbonyl (C=O) groups excluding carboxylic acids is 7. The first-order valence-corrected chi connectivity index (χ1v) is 20.5. The third-order valence-electron chi connectivity index (χ3n) is 9.61. The van der Waals surface area contributed by atoms with Crippen LogP contribution in [-0.2, 0) is 44.8 Å². The molecule has 0 aliphatic carbocycles. The van der Waals surface area contributed by atoms with E-state index in [9.17, 15) is 53.7 Å². The number of aliphatic hydroxyl groups is 2. The molecule has 1 aliphatic rings. The van der Waals surface area contributed by atoms with Gasteiger partial charge in [0.05, 0.1) is 32.0 Å². The molecule has 0 bridgehead atoms. The highest BCUT2D eigenvalue weighted by Gasteiger charge is 2.39. The monoisotopic (exact) mass is 893 g/mol. The summed E-state index contributed by atoms with van der Waals surface area (Å²) in [5.74, 6) is -7.27. The molecule has 0 radical (unpaired) electrons. The van der Waals surface area contributed by atoms with Gasteiger partial charge >= 0.3 is 5.97 Å². The summed E-state index contributed by atoms with van der Waals surface area (Å²) in [6, 6.07) is -6.34. The van der Waals surface area contributed by atoms with Gasteiger partial charge in [-0.2, -0.15) is 0 Å². The molecule has 0 saturated carbocycles. The van der Waals surface area contributed by atoms with Gasteiger partial charge in [0.15, 0.2) is 5.96 Å². The number of unbranched alkanes of at least 4 members (excludes halogenated alkanes) is 1. The Hall–Kier alpha value is -6.22. The molecular formula is C37H63N15O11. The molecule has 0 spiro atoms. The zero-order chi connectivity index (χ0) is 46.9. The molecule has 1 aliphatic heterocycles. The SMILES string of the molecule is N=C(N)NCC/C=C(\NC(=O)[C@H](CCCCN)NC(=O)[C@H](Cc1cnc[nH]1)NC(=O)[C@@H]1CCCN1C(=O)[C@@H](CCCN)NC(=O)CNC(=O)[C@H](CO)NC(=O)C[C@@H](O)CN)C(=O)O. The topological polar surface area (TPSA) is 441 Å². The molecule has 2 rings (SSSR count). The minimum atomic E-state index is -1.45. The summed E-state index contributed by atoms with van der Waals surface area (Å²) < 4.78 is 0. The number of aromatic amines is 1. The molecule has 7 amide bonds. The van der Waals surface area contributed by atoms with Gasteiger partial charge in [-0.3, -0.25) is 39.0 Å². The summed E-state index contributed by atoms with van der Waals surface area (Å²) in [5, 5.41) is 53.3. The number of aromatic nitrogens is 2. The molecule has 352 valence electrons. The number of nitrogens with zero attached hydrogens (tertiary/aromatic N) is 2. The van der Waals surface area contributed by atoms with Gasteiger partial charge in [-0.1, -0.05) is 6.08 Å². The number of hydrogen-bond acceptors (Lipinski definition) is 15. The van der Waals surface area contributed by atoms with Crippen LogP contribution in [0.25, 0.3) is 0 Å². The zero-order valence-electron chi connectivity index (χ0n) is 35.0. The van der Waals surface area contributed by atoms with Crippen molar-refractivity contribution < 1.29 is 53.7 Å². The van der Waals surface area contributed by atoms with Gasteiger partial charge < -0.3 is 85.4 Å². The van der Waals surface area contributed by atoms with Crippen molar-refractivity contribution in [3.63, 3.8) is 0 Å². The molecule has 1 aromatic rings.